The summed E-state index contributed by atoms with van der Waals surface area (Å²) in [5, 5.41) is 0. The Balaban J connectivity index is 5.46. The predicted octanol–water partition coefficient (Wildman–Crippen LogP) is -7.63. The summed E-state index contributed by atoms with van der Waals surface area (Å²) in [6.45, 7) is 14.6. The average Bonchev–Trinajstić information content (AvgIpc) is 3.15. The smallest absolute Gasteiger partial charge is 0.533 e. The molecule has 60 heavy (non-hydrogen) atoms. The van der Waals surface area contributed by atoms with Crippen LogP contribution in [0, 0.1) is 0 Å². The van der Waals surface area contributed by atoms with E-state index in [-0.39, 0.29) is 0 Å². The molecule has 0 aromatic heterocycles. The first kappa shape index (κ1) is 61.1. The molecule has 0 spiro atoms. The summed E-state index contributed by atoms with van der Waals surface area (Å²) in [5.74, 6) is 0. The highest BCUT2D eigenvalue weighted by Gasteiger charge is 2.56. The summed E-state index contributed by atoms with van der Waals surface area (Å²) in [4.78, 5) is 0. The molecule has 1 unspecified atom stereocenters. The van der Waals surface area contributed by atoms with Crippen LogP contribution in [-0.4, -0.2) is 209 Å². The van der Waals surface area contributed by atoms with Crippen LogP contribution in [0.25, 0.3) is 0 Å². The molecule has 0 saturated heterocycles. The van der Waals surface area contributed by atoms with E-state index in [9.17, 15) is 89.2 Å². The van der Waals surface area contributed by atoms with E-state index in [0.29, 0.717) is 0 Å². The maximum Gasteiger partial charge on any atom is 0.533 e. The quantitative estimate of drug-likeness (QED) is 0.0603. The standard InChI is InChI=1S/C9H28O25Si26/c1-37(32-38(10)42(14)44(16)41(13)36-31-58(2,3)4)30-35-40(12)45(17)47(19)49(21)51(23)53(25)55(27)57(29)56(28)54(26)52(24)50(22)48(20)46(18)43(15)39(11)33-60(8,9)34-59(5,6)7/h37H,1-9H3. The summed E-state index contributed by atoms with van der Waals surface area (Å²) in [5.41, 5.74) is 0. The van der Waals surface area contributed by atoms with E-state index < -0.39 is 209 Å². The van der Waals surface area contributed by atoms with Crippen LogP contribution in [0.1, 0.15) is 0 Å². The highest BCUT2D eigenvalue weighted by atomic mass is 30.1. The van der Waals surface area contributed by atoms with Crippen LogP contribution in [-0.2, 0) is 110 Å². The molecule has 0 aromatic carbocycles. The summed E-state index contributed by atoms with van der Waals surface area (Å²) in [7, 11) is -93.1. The molecule has 0 aliphatic rings. The molecular formula is C9H28O25Si26. The van der Waals surface area contributed by atoms with Crippen molar-refractivity contribution in [2.75, 3.05) is 0 Å². The van der Waals surface area contributed by atoms with Crippen molar-refractivity contribution in [2.45, 2.75) is 58.9 Å². The van der Waals surface area contributed by atoms with Gasteiger partial charge in [-0.15, -0.1) is 0 Å². The van der Waals surface area contributed by atoms with E-state index in [1.807, 2.05) is 0 Å². The van der Waals surface area contributed by atoms with Gasteiger partial charge in [0.2, 0.25) is 0 Å². The van der Waals surface area contributed by atoms with Crippen LogP contribution in [0.5, 0.6) is 0 Å². The van der Waals surface area contributed by atoms with Crippen molar-refractivity contribution in [2.24, 2.45) is 0 Å². The second kappa shape index (κ2) is 26.5. The number of rotatable bonds is 30. The summed E-state index contributed by atoms with van der Waals surface area (Å²) < 4.78 is 278. The molecule has 0 rings (SSSR count). The molecule has 0 aromatic rings. The minimum atomic E-state index is -4.42. The number of hydrogen-bond acceptors (Lipinski definition) is 25. The van der Waals surface area contributed by atoms with Crippen LogP contribution in [0.2, 0.25) is 58.9 Å². The number of hydrogen-bond donors (Lipinski definition) is 0. The van der Waals surface area contributed by atoms with Gasteiger partial charge >= 0.3 is 174 Å². The first-order valence-corrected chi connectivity index (χ1v) is 77.3. The van der Waals surface area contributed by atoms with E-state index in [1.54, 1.807) is 39.3 Å². The van der Waals surface area contributed by atoms with Crippen molar-refractivity contribution in [1.82, 2.24) is 0 Å². The zero-order valence-corrected chi connectivity index (χ0v) is 58.4. The van der Waals surface area contributed by atoms with Gasteiger partial charge < -0.3 is 110 Å². The van der Waals surface area contributed by atoms with Crippen molar-refractivity contribution in [3.8, 4) is 0 Å². The lowest BCUT2D eigenvalue weighted by atomic mass is 11.8. The minimum absolute atomic E-state index is 0.704. The van der Waals surface area contributed by atoms with E-state index in [2.05, 4.69) is 0 Å². The monoisotopic (exact) mass is 1260 g/mol. The largest absolute Gasteiger partial charge is 0.560 e. The van der Waals surface area contributed by atoms with Crippen molar-refractivity contribution in [3.05, 3.63) is 0 Å². The van der Waals surface area contributed by atoms with Crippen molar-refractivity contribution < 1.29 is 110 Å². The Kier molecular flexibility index (Phi) is 26.9. The summed E-state index contributed by atoms with van der Waals surface area (Å²) in [6.07, 6.45) is 0. The molecule has 0 N–H and O–H groups in total. The predicted molar refractivity (Wildman–Crippen MR) is 223 cm³/mol. The maximum absolute atomic E-state index is 12.7. The molecule has 4 radical (unpaired) electrons. The van der Waals surface area contributed by atoms with Gasteiger partial charge in [-0.05, 0) is 58.9 Å². The Morgan fingerprint density at radius 2 is 0.650 bits per heavy atom. The Morgan fingerprint density at radius 3 is 0.983 bits per heavy atom. The Morgan fingerprint density at radius 1 is 0.367 bits per heavy atom. The molecule has 0 aliphatic carbocycles. The average molecular weight is 1270 g/mol. The zero-order chi connectivity index (χ0) is 47.6. The van der Waals surface area contributed by atoms with Gasteiger partial charge in [0.15, 0.2) is 16.6 Å². The van der Waals surface area contributed by atoms with Crippen LogP contribution in [0.3, 0.4) is 0 Å². The Bertz CT molecular complexity index is 2120. The van der Waals surface area contributed by atoms with Crippen molar-refractivity contribution >= 4 is 209 Å². The van der Waals surface area contributed by atoms with Gasteiger partial charge in [0.05, 0.1) is 0 Å². The van der Waals surface area contributed by atoms with Crippen molar-refractivity contribution in [3.63, 3.8) is 0 Å². The van der Waals surface area contributed by atoms with Gasteiger partial charge in [-0.3, -0.25) is 0 Å². The van der Waals surface area contributed by atoms with Gasteiger partial charge in [-0.25, -0.2) is 0 Å². The lowest BCUT2D eigenvalue weighted by molar-refractivity contribution is 0.377. The van der Waals surface area contributed by atoms with Crippen LogP contribution in [0.15, 0.2) is 0 Å². The highest BCUT2D eigenvalue weighted by Crippen LogP contribution is 2.15. The van der Waals surface area contributed by atoms with Gasteiger partial charge in [0.25, 0.3) is 18.6 Å². The highest BCUT2D eigenvalue weighted by molar-refractivity contribution is 7.81. The Hall–Kier alpha value is 1.12. The first-order valence-electron chi connectivity index (χ1n) is 15.8. The van der Waals surface area contributed by atoms with Crippen LogP contribution in [0.4, 0.5) is 0 Å². The molecule has 0 amide bonds. The molecule has 0 aliphatic heterocycles. The second-order valence-corrected chi connectivity index (χ2v) is 123. The molecule has 0 bridgehead atoms. The first-order chi connectivity index (χ1) is 27.0. The third kappa shape index (κ3) is 20.3. The van der Waals surface area contributed by atoms with E-state index in [0.717, 1.165) is 0 Å². The second-order valence-electron chi connectivity index (χ2n) is 13.4. The van der Waals surface area contributed by atoms with Gasteiger partial charge in [0, 0.05) is 0 Å². The maximum atomic E-state index is 12.7. The van der Waals surface area contributed by atoms with Gasteiger partial charge in [-0.2, -0.15) is 0 Å². The summed E-state index contributed by atoms with van der Waals surface area (Å²) in [6, 6.07) is 0. The third-order valence-corrected chi connectivity index (χ3v) is 161. The van der Waals surface area contributed by atoms with Gasteiger partial charge in [-0.1, -0.05) is 0 Å². The lowest BCUT2D eigenvalue weighted by Gasteiger charge is -2.30. The molecular weight excluding hydrogens is 1240 g/mol. The topological polar surface area (TPSA) is 388 Å². The fourth-order valence-electron chi connectivity index (χ4n) is 3.31. The molecule has 1 atom stereocenters. The van der Waals surface area contributed by atoms with E-state index in [4.69, 9.17) is 20.6 Å². The zero-order valence-electron chi connectivity index (χ0n) is 32.3. The van der Waals surface area contributed by atoms with E-state index >= 15 is 0 Å². The Labute approximate surface area is 374 Å². The van der Waals surface area contributed by atoms with Gasteiger partial charge in [0.1, 0.15) is 0 Å². The van der Waals surface area contributed by atoms with E-state index in [1.165, 1.54) is 19.6 Å². The fourth-order valence-corrected chi connectivity index (χ4v) is 220. The molecule has 0 heterocycles. The van der Waals surface area contributed by atoms with Crippen LogP contribution >= 0.6 is 0 Å². The molecule has 318 valence electrons. The summed E-state index contributed by atoms with van der Waals surface area (Å²) >= 11 is 0. The van der Waals surface area contributed by atoms with Crippen LogP contribution < -0.4 is 0 Å². The minimum Gasteiger partial charge on any atom is -0.560 e. The fraction of sp³-hybridized carbons (Fsp3) is 1.00. The SMILES string of the molecule is C[SiH](O[Si][Si](=O)[Si](=O)[Si](=O)[Si](=O)[Si](=O)[Si](=O)[Si](=O)[Si](=O)[Si](=O)[Si](=O)[Si](=O)[Si](=O)[Si](=O)[Si](=O)[Si](=O)[Si](=O)O[Si](C)(C)O[Si](C)(C)C)O[Si](=O)[Si](=O)[Si](=O)[Si](=O)[Si]O[Si](C)(C)C. The molecule has 25 nitrogen and oxygen atoms in total. The lowest BCUT2D eigenvalue weighted by Crippen LogP contribution is -2.56. The molecule has 0 saturated carbocycles. The molecule has 51 heteroatoms. The van der Waals surface area contributed by atoms with Crippen molar-refractivity contribution in [1.29, 1.82) is 0 Å². The molecule has 0 fully saturated rings. The normalized spacial score (nSPS) is 11.7. The third-order valence-electron chi connectivity index (χ3n) is 5.60.